The number of hydrogen-bond donors (Lipinski definition) is 1. The van der Waals surface area contributed by atoms with Crippen LogP contribution in [-0.2, 0) is 14.3 Å². The van der Waals surface area contributed by atoms with Gasteiger partial charge >= 0.3 is 5.97 Å². The van der Waals surface area contributed by atoms with Crippen molar-refractivity contribution in [3.05, 3.63) is 89.0 Å². The third-order valence-electron chi connectivity index (χ3n) is 6.40. The van der Waals surface area contributed by atoms with E-state index >= 15 is 0 Å². The Hall–Kier alpha value is -4.79. The lowest BCUT2D eigenvalue weighted by Gasteiger charge is -2.26. The summed E-state index contributed by atoms with van der Waals surface area (Å²) in [4.78, 5) is 42.1. The van der Waals surface area contributed by atoms with Gasteiger partial charge in [-0.2, -0.15) is 0 Å². The lowest BCUT2D eigenvalue weighted by atomic mass is 9.94. The second kappa shape index (κ2) is 10.7. The number of Topliss-reactive ketones (excluding diaryl/α,β-unsaturated/α-hetero) is 1. The minimum Gasteiger partial charge on any atom is -0.507 e. The molecule has 0 bridgehead atoms. The number of amides is 1. The number of nitrogens with zero attached hydrogens (tertiary/aromatic N) is 2. The quantitative estimate of drug-likeness (QED) is 0.216. The third-order valence-corrected chi connectivity index (χ3v) is 6.40. The molecular weight excluding hydrogens is 488 g/mol. The van der Waals surface area contributed by atoms with Crippen LogP contribution in [0.1, 0.15) is 27.5 Å². The van der Waals surface area contributed by atoms with Crippen molar-refractivity contribution in [3.8, 4) is 11.5 Å². The van der Waals surface area contributed by atoms with Gasteiger partial charge in [0.1, 0.15) is 17.3 Å². The van der Waals surface area contributed by atoms with Gasteiger partial charge < -0.3 is 24.2 Å². The summed E-state index contributed by atoms with van der Waals surface area (Å²) in [6, 6.07) is 17.3. The zero-order chi connectivity index (χ0) is 27.6. The highest BCUT2D eigenvalue weighted by molar-refractivity contribution is 6.51. The molecule has 196 valence electrons. The standard InChI is InChI=1S/C29H28N2O7/c1-30(2)19-10-6-17(7-11-19)25-24(26(32)22-16-21(36-3)14-15-23(22)37-4)27(33)28(34)31(25)20-12-8-18(9-13-20)29(35)38-5/h6-16,25,32H,1-5H3/b26-24+. The predicted octanol–water partition coefficient (Wildman–Crippen LogP) is 4.18. The molecule has 1 amide bonds. The van der Waals surface area contributed by atoms with E-state index in [2.05, 4.69) is 0 Å². The van der Waals surface area contributed by atoms with Gasteiger partial charge in [0.2, 0.25) is 0 Å². The van der Waals surface area contributed by atoms with Crippen LogP contribution in [0.4, 0.5) is 11.4 Å². The summed E-state index contributed by atoms with van der Waals surface area (Å²) < 4.78 is 15.5. The topological polar surface area (TPSA) is 106 Å². The normalized spacial score (nSPS) is 16.3. The number of anilines is 2. The average molecular weight is 517 g/mol. The average Bonchev–Trinajstić information content (AvgIpc) is 3.21. The fourth-order valence-electron chi connectivity index (χ4n) is 4.39. The van der Waals surface area contributed by atoms with Gasteiger partial charge in [0.25, 0.3) is 11.7 Å². The molecule has 0 radical (unpaired) electrons. The van der Waals surface area contributed by atoms with E-state index in [1.807, 2.05) is 31.1 Å². The van der Waals surface area contributed by atoms with E-state index in [0.29, 0.717) is 28.3 Å². The third kappa shape index (κ3) is 4.66. The largest absolute Gasteiger partial charge is 0.507 e. The molecule has 1 unspecified atom stereocenters. The van der Waals surface area contributed by atoms with Crippen LogP contribution < -0.4 is 19.3 Å². The van der Waals surface area contributed by atoms with Crippen LogP contribution in [0.25, 0.3) is 5.76 Å². The molecule has 9 heteroatoms. The molecule has 1 heterocycles. The maximum Gasteiger partial charge on any atom is 0.337 e. The molecule has 1 atom stereocenters. The lowest BCUT2D eigenvalue weighted by Crippen LogP contribution is -2.29. The van der Waals surface area contributed by atoms with Gasteiger partial charge in [0, 0.05) is 25.5 Å². The first-order chi connectivity index (χ1) is 18.2. The highest BCUT2D eigenvalue weighted by Gasteiger charge is 2.47. The summed E-state index contributed by atoms with van der Waals surface area (Å²) in [5.41, 5.74) is 2.30. The number of esters is 1. The molecule has 3 aromatic carbocycles. The van der Waals surface area contributed by atoms with Crippen molar-refractivity contribution in [3.63, 3.8) is 0 Å². The highest BCUT2D eigenvalue weighted by atomic mass is 16.5. The van der Waals surface area contributed by atoms with E-state index in [0.717, 1.165) is 5.69 Å². The second-order valence-electron chi connectivity index (χ2n) is 8.76. The number of aliphatic hydroxyl groups is 1. The number of aliphatic hydroxyl groups excluding tert-OH is 1. The van der Waals surface area contributed by atoms with Crippen LogP contribution in [0.5, 0.6) is 11.5 Å². The molecule has 9 nitrogen and oxygen atoms in total. The summed E-state index contributed by atoms with van der Waals surface area (Å²) in [7, 11) is 8.00. The Morgan fingerprint density at radius 2 is 1.55 bits per heavy atom. The fourth-order valence-corrected chi connectivity index (χ4v) is 4.39. The Balaban J connectivity index is 1.94. The summed E-state index contributed by atoms with van der Waals surface area (Å²) >= 11 is 0. The number of methoxy groups -OCH3 is 3. The number of ether oxygens (including phenoxy) is 3. The van der Waals surface area contributed by atoms with Gasteiger partial charge in [0.05, 0.1) is 44.1 Å². The Bertz CT molecular complexity index is 1410. The first-order valence-electron chi connectivity index (χ1n) is 11.7. The van der Waals surface area contributed by atoms with Gasteiger partial charge in [-0.25, -0.2) is 4.79 Å². The summed E-state index contributed by atoms with van der Waals surface area (Å²) in [5, 5.41) is 11.5. The predicted molar refractivity (Wildman–Crippen MR) is 143 cm³/mol. The molecule has 1 aliphatic rings. The molecule has 38 heavy (non-hydrogen) atoms. The first kappa shape index (κ1) is 26.3. The van der Waals surface area contributed by atoms with E-state index in [-0.39, 0.29) is 11.1 Å². The SMILES string of the molecule is COC(=O)c1ccc(N2C(=O)C(=O)/C(=C(/O)c3cc(OC)ccc3OC)C2c2ccc(N(C)C)cc2)cc1. The minimum absolute atomic E-state index is 0.101. The molecule has 3 aromatic rings. The number of rotatable bonds is 7. The van der Waals surface area contributed by atoms with Crippen molar-refractivity contribution in [2.24, 2.45) is 0 Å². The van der Waals surface area contributed by atoms with Crippen LogP contribution in [0.3, 0.4) is 0 Å². The first-order valence-corrected chi connectivity index (χ1v) is 11.7. The summed E-state index contributed by atoms with van der Waals surface area (Å²) in [6.45, 7) is 0. The Labute approximate surface area is 220 Å². The zero-order valence-electron chi connectivity index (χ0n) is 21.7. The number of carbonyl (C=O) groups excluding carboxylic acids is 3. The van der Waals surface area contributed by atoms with Gasteiger partial charge in [-0.3, -0.25) is 14.5 Å². The lowest BCUT2D eigenvalue weighted by molar-refractivity contribution is -0.132. The van der Waals surface area contributed by atoms with E-state index in [9.17, 15) is 19.5 Å². The molecule has 0 aliphatic carbocycles. The Kier molecular flexibility index (Phi) is 7.38. The van der Waals surface area contributed by atoms with Gasteiger partial charge in [0.15, 0.2) is 0 Å². The summed E-state index contributed by atoms with van der Waals surface area (Å²) in [5.74, 6) is -1.86. The number of benzene rings is 3. The van der Waals surface area contributed by atoms with Crippen LogP contribution in [-0.4, -0.2) is 58.2 Å². The van der Waals surface area contributed by atoms with E-state index < -0.39 is 29.5 Å². The van der Waals surface area contributed by atoms with Crippen molar-refractivity contribution >= 4 is 34.8 Å². The number of ketones is 1. The molecule has 1 saturated heterocycles. The van der Waals surface area contributed by atoms with E-state index in [4.69, 9.17) is 14.2 Å². The van der Waals surface area contributed by atoms with Gasteiger partial charge in [-0.1, -0.05) is 12.1 Å². The molecule has 0 aromatic heterocycles. The molecule has 1 fully saturated rings. The molecule has 0 saturated carbocycles. The van der Waals surface area contributed by atoms with Crippen molar-refractivity contribution in [2.45, 2.75) is 6.04 Å². The van der Waals surface area contributed by atoms with E-state index in [1.165, 1.54) is 38.4 Å². The minimum atomic E-state index is -0.953. The molecular formula is C29H28N2O7. The molecule has 0 spiro atoms. The Morgan fingerprint density at radius 3 is 2.11 bits per heavy atom. The van der Waals surface area contributed by atoms with Crippen LogP contribution >= 0.6 is 0 Å². The van der Waals surface area contributed by atoms with Gasteiger partial charge in [-0.15, -0.1) is 0 Å². The van der Waals surface area contributed by atoms with Crippen molar-refractivity contribution in [1.29, 1.82) is 0 Å². The number of hydrogen-bond acceptors (Lipinski definition) is 8. The smallest absolute Gasteiger partial charge is 0.337 e. The van der Waals surface area contributed by atoms with E-state index in [1.54, 1.807) is 42.5 Å². The van der Waals surface area contributed by atoms with Crippen molar-refractivity contribution in [1.82, 2.24) is 0 Å². The second-order valence-corrected chi connectivity index (χ2v) is 8.76. The number of carbonyl (C=O) groups is 3. The zero-order valence-corrected chi connectivity index (χ0v) is 21.7. The summed E-state index contributed by atoms with van der Waals surface area (Å²) in [6.07, 6.45) is 0. The maximum atomic E-state index is 13.5. The van der Waals surface area contributed by atoms with Crippen molar-refractivity contribution < 1.29 is 33.7 Å². The van der Waals surface area contributed by atoms with Crippen molar-refractivity contribution in [2.75, 3.05) is 45.2 Å². The molecule has 1 aliphatic heterocycles. The Morgan fingerprint density at radius 1 is 0.895 bits per heavy atom. The van der Waals surface area contributed by atoms with Crippen LogP contribution in [0.2, 0.25) is 0 Å². The fraction of sp³-hybridized carbons (Fsp3) is 0.207. The maximum absolute atomic E-state index is 13.5. The van der Waals surface area contributed by atoms with Crippen LogP contribution in [0.15, 0.2) is 72.3 Å². The monoisotopic (exact) mass is 516 g/mol. The van der Waals surface area contributed by atoms with Crippen LogP contribution in [0, 0.1) is 0 Å². The molecule has 4 rings (SSSR count). The van der Waals surface area contributed by atoms with Gasteiger partial charge in [-0.05, 0) is 60.2 Å². The highest BCUT2D eigenvalue weighted by Crippen LogP contribution is 2.44. The molecule has 1 N–H and O–H groups in total.